The summed E-state index contributed by atoms with van der Waals surface area (Å²) in [5.41, 5.74) is 0.779. The normalized spacial score (nSPS) is 12.2. The van der Waals surface area contributed by atoms with Gasteiger partial charge >= 0.3 is 5.97 Å². The minimum Gasteiger partial charge on any atom is -0.465 e. The molecule has 1 aromatic carbocycles. The largest absolute Gasteiger partial charge is 0.465 e. The van der Waals surface area contributed by atoms with Gasteiger partial charge in [-0.25, -0.2) is 8.42 Å². The predicted octanol–water partition coefficient (Wildman–Crippen LogP) is 2.26. The Morgan fingerprint density at radius 2 is 1.90 bits per heavy atom. The molecule has 0 atom stereocenters. The second-order valence-corrected chi connectivity index (χ2v) is 6.47. The second-order valence-electron chi connectivity index (χ2n) is 4.70. The van der Waals surface area contributed by atoms with Gasteiger partial charge in [0.15, 0.2) is 0 Å². The fourth-order valence-electron chi connectivity index (χ4n) is 1.71. The smallest absolute Gasteiger partial charge is 0.321 e. The van der Waals surface area contributed by atoms with Crippen molar-refractivity contribution < 1.29 is 17.9 Å². The van der Waals surface area contributed by atoms with E-state index in [4.69, 9.17) is 4.74 Å². The van der Waals surface area contributed by atoms with Crippen molar-refractivity contribution in [3.05, 3.63) is 41.3 Å². The number of esters is 1. The molecule has 0 saturated carbocycles. The van der Waals surface area contributed by atoms with Gasteiger partial charge in [-0.15, -0.1) is 0 Å². The van der Waals surface area contributed by atoms with Crippen LogP contribution >= 0.6 is 0 Å². The molecule has 1 rings (SSSR count). The SMILES string of the molecule is CCOC(=O)CN(C(C)C)S(=O)(=O)/C=C/c1ccccc1. The Hall–Kier alpha value is -1.66. The number of ether oxygens (including phenoxy) is 1. The summed E-state index contributed by atoms with van der Waals surface area (Å²) in [5, 5.41) is 1.11. The Labute approximate surface area is 126 Å². The topological polar surface area (TPSA) is 63.7 Å². The summed E-state index contributed by atoms with van der Waals surface area (Å²) in [6.45, 7) is 5.05. The van der Waals surface area contributed by atoms with Crippen LogP contribution in [0.25, 0.3) is 6.08 Å². The van der Waals surface area contributed by atoms with Gasteiger partial charge in [-0.3, -0.25) is 4.79 Å². The average Bonchev–Trinajstić information content (AvgIpc) is 2.44. The van der Waals surface area contributed by atoms with Gasteiger partial charge in [-0.1, -0.05) is 30.3 Å². The van der Waals surface area contributed by atoms with Crippen molar-refractivity contribution in [3.63, 3.8) is 0 Å². The molecule has 0 saturated heterocycles. The molecule has 0 bridgehead atoms. The minimum absolute atomic E-state index is 0.227. The van der Waals surface area contributed by atoms with Crippen LogP contribution in [0.15, 0.2) is 35.7 Å². The van der Waals surface area contributed by atoms with Crippen molar-refractivity contribution in [3.8, 4) is 0 Å². The van der Waals surface area contributed by atoms with Crippen molar-refractivity contribution in [2.24, 2.45) is 0 Å². The van der Waals surface area contributed by atoms with Gasteiger partial charge in [0.05, 0.1) is 6.61 Å². The maximum Gasteiger partial charge on any atom is 0.321 e. The fourth-order valence-corrected chi connectivity index (χ4v) is 3.07. The molecule has 0 heterocycles. The summed E-state index contributed by atoms with van der Waals surface area (Å²) in [4.78, 5) is 11.5. The lowest BCUT2D eigenvalue weighted by molar-refractivity contribution is -0.143. The van der Waals surface area contributed by atoms with E-state index in [0.717, 1.165) is 15.3 Å². The fraction of sp³-hybridized carbons (Fsp3) is 0.400. The first-order valence-corrected chi connectivity index (χ1v) is 8.27. The minimum atomic E-state index is -3.68. The third-order valence-corrected chi connectivity index (χ3v) is 4.41. The molecule has 0 amide bonds. The van der Waals surface area contributed by atoms with Crippen LogP contribution in [0.1, 0.15) is 26.3 Å². The highest BCUT2D eigenvalue weighted by atomic mass is 32.2. The van der Waals surface area contributed by atoms with Crippen LogP contribution in [0.3, 0.4) is 0 Å². The molecule has 0 aliphatic heterocycles. The number of hydrogen-bond donors (Lipinski definition) is 0. The van der Waals surface area contributed by atoms with E-state index in [9.17, 15) is 13.2 Å². The molecule has 5 nitrogen and oxygen atoms in total. The molecule has 0 aliphatic rings. The molecule has 0 N–H and O–H groups in total. The highest BCUT2D eigenvalue weighted by molar-refractivity contribution is 7.92. The van der Waals surface area contributed by atoms with E-state index in [1.165, 1.54) is 6.08 Å². The Balaban J connectivity index is 2.90. The lowest BCUT2D eigenvalue weighted by atomic mass is 10.2. The van der Waals surface area contributed by atoms with Crippen LogP contribution in [0.5, 0.6) is 0 Å². The van der Waals surface area contributed by atoms with Crippen LogP contribution in [0.2, 0.25) is 0 Å². The molecule has 0 radical (unpaired) electrons. The van der Waals surface area contributed by atoms with Crippen LogP contribution in [-0.4, -0.2) is 37.9 Å². The van der Waals surface area contributed by atoms with Gasteiger partial charge in [0.25, 0.3) is 0 Å². The quantitative estimate of drug-likeness (QED) is 0.725. The highest BCUT2D eigenvalue weighted by Gasteiger charge is 2.25. The third kappa shape index (κ3) is 5.69. The first-order valence-electron chi connectivity index (χ1n) is 6.77. The molecule has 0 aliphatic carbocycles. The van der Waals surface area contributed by atoms with Crippen LogP contribution in [-0.2, 0) is 19.6 Å². The zero-order chi connectivity index (χ0) is 15.9. The Kier molecular flexibility index (Phi) is 6.58. The monoisotopic (exact) mass is 311 g/mol. The van der Waals surface area contributed by atoms with Gasteiger partial charge in [0.2, 0.25) is 10.0 Å². The lowest BCUT2D eigenvalue weighted by Gasteiger charge is -2.23. The highest BCUT2D eigenvalue weighted by Crippen LogP contribution is 2.11. The summed E-state index contributed by atoms with van der Waals surface area (Å²) < 4.78 is 30.6. The first kappa shape index (κ1) is 17.4. The molecular formula is C15H21NO4S. The van der Waals surface area contributed by atoms with Gasteiger partial charge in [-0.2, -0.15) is 4.31 Å². The summed E-state index contributed by atoms with van der Waals surface area (Å²) in [6.07, 6.45) is 1.51. The van der Waals surface area contributed by atoms with Crippen LogP contribution < -0.4 is 0 Å². The number of sulfonamides is 1. The average molecular weight is 311 g/mol. The van der Waals surface area contributed by atoms with Gasteiger partial charge in [0.1, 0.15) is 6.54 Å². The van der Waals surface area contributed by atoms with Crippen molar-refractivity contribution >= 4 is 22.1 Å². The van der Waals surface area contributed by atoms with E-state index < -0.39 is 16.0 Å². The molecule has 0 unspecified atom stereocenters. The molecule has 0 fully saturated rings. The molecular weight excluding hydrogens is 290 g/mol. The van der Waals surface area contributed by atoms with Crippen molar-refractivity contribution in [2.75, 3.05) is 13.2 Å². The number of hydrogen-bond acceptors (Lipinski definition) is 4. The number of rotatable bonds is 7. The Morgan fingerprint density at radius 1 is 1.29 bits per heavy atom. The van der Waals surface area contributed by atoms with Crippen molar-refractivity contribution in [1.29, 1.82) is 0 Å². The van der Waals surface area contributed by atoms with Crippen molar-refractivity contribution in [1.82, 2.24) is 4.31 Å². The van der Waals surface area contributed by atoms with Crippen LogP contribution in [0, 0.1) is 0 Å². The summed E-state index contributed by atoms with van der Waals surface area (Å²) >= 11 is 0. The zero-order valence-electron chi connectivity index (χ0n) is 12.5. The number of nitrogens with zero attached hydrogens (tertiary/aromatic N) is 1. The number of carbonyl (C=O) groups is 1. The van der Waals surface area contributed by atoms with Crippen molar-refractivity contribution in [2.45, 2.75) is 26.8 Å². The summed E-state index contributed by atoms with van der Waals surface area (Å²) in [7, 11) is -3.68. The van der Waals surface area contributed by atoms with Gasteiger partial charge < -0.3 is 4.74 Å². The second kappa shape index (κ2) is 7.95. The van der Waals surface area contributed by atoms with E-state index in [0.29, 0.717) is 0 Å². The van der Waals surface area contributed by atoms with Gasteiger partial charge in [0, 0.05) is 11.4 Å². The zero-order valence-corrected chi connectivity index (χ0v) is 13.3. The Morgan fingerprint density at radius 3 is 2.43 bits per heavy atom. The summed E-state index contributed by atoms with van der Waals surface area (Å²) in [5.74, 6) is -0.553. The van der Waals surface area contributed by atoms with E-state index in [1.807, 2.05) is 18.2 Å². The van der Waals surface area contributed by atoms with Crippen LogP contribution in [0.4, 0.5) is 0 Å². The first-order chi connectivity index (χ1) is 9.86. The maximum atomic E-state index is 12.3. The molecule has 0 spiro atoms. The lowest BCUT2D eigenvalue weighted by Crippen LogP contribution is -2.40. The van der Waals surface area contributed by atoms with E-state index in [1.54, 1.807) is 32.9 Å². The van der Waals surface area contributed by atoms with E-state index >= 15 is 0 Å². The van der Waals surface area contributed by atoms with E-state index in [2.05, 4.69) is 0 Å². The molecule has 21 heavy (non-hydrogen) atoms. The summed E-state index contributed by atoms with van der Waals surface area (Å²) in [6, 6.07) is 8.78. The predicted molar refractivity (Wildman–Crippen MR) is 82.9 cm³/mol. The molecule has 0 aromatic heterocycles. The Bertz CT molecular complexity index is 579. The molecule has 116 valence electrons. The maximum absolute atomic E-state index is 12.3. The standard InChI is InChI=1S/C15H21NO4S/c1-4-20-15(17)12-16(13(2)3)21(18,19)11-10-14-8-6-5-7-9-14/h5-11,13H,4,12H2,1-3H3/b11-10+. The van der Waals surface area contributed by atoms with Gasteiger partial charge in [-0.05, 0) is 32.4 Å². The molecule has 6 heteroatoms. The molecule has 1 aromatic rings. The third-order valence-electron chi connectivity index (χ3n) is 2.73. The van der Waals surface area contributed by atoms with E-state index in [-0.39, 0.29) is 19.2 Å². The number of benzene rings is 1. The number of carbonyl (C=O) groups excluding carboxylic acids is 1.